The first-order valence-corrected chi connectivity index (χ1v) is 3.40. The van der Waals surface area contributed by atoms with Gasteiger partial charge in [-0.2, -0.15) is 13.2 Å². The predicted octanol–water partition coefficient (Wildman–Crippen LogP) is 1.88. The molecular formula is C6H2ClF3N2O. The number of carbonyl (C=O) groups excluding carboxylic acids is 1. The third-order valence-corrected chi connectivity index (χ3v) is 1.32. The maximum absolute atomic E-state index is 11.8. The van der Waals surface area contributed by atoms with Crippen LogP contribution in [-0.2, 0) is 0 Å². The molecular weight excluding hydrogens is 209 g/mol. The van der Waals surface area contributed by atoms with Crippen molar-refractivity contribution in [3.8, 4) is 0 Å². The van der Waals surface area contributed by atoms with Crippen LogP contribution in [0.4, 0.5) is 13.2 Å². The zero-order chi connectivity index (χ0) is 10.1. The van der Waals surface area contributed by atoms with E-state index in [-0.39, 0.29) is 5.15 Å². The molecule has 0 aliphatic heterocycles. The molecule has 1 aromatic heterocycles. The zero-order valence-electron chi connectivity index (χ0n) is 5.97. The molecule has 0 aliphatic rings. The maximum Gasteiger partial charge on any atom is 0.456 e. The molecule has 1 heterocycles. The van der Waals surface area contributed by atoms with E-state index >= 15 is 0 Å². The first-order chi connectivity index (χ1) is 5.91. The fraction of sp³-hybridized carbons (Fsp3) is 0.167. The van der Waals surface area contributed by atoms with Crippen LogP contribution in [0.2, 0.25) is 5.15 Å². The highest BCUT2D eigenvalue weighted by atomic mass is 35.5. The van der Waals surface area contributed by atoms with Crippen molar-refractivity contribution in [3.05, 3.63) is 23.0 Å². The number of rotatable bonds is 1. The molecule has 13 heavy (non-hydrogen) atoms. The second kappa shape index (κ2) is 3.29. The number of carbonyl (C=O) groups is 1. The molecule has 1 aromatic rings. The number of hydrogen-bond acceptors (Lipinski definition) is 3. The van der Waals surface area contributed by atoms with Gasteiger partial charge in [0.2, 0.25) is 0 Å². The van der Waals surface area contributed by atoms with Gasteiger partial charge in [0, 0.05) is 0 Å². The number of aromatic nitrogens is 2. The lowest BCUT2D eigenvalue weighted by atomic mass is 10.2. The van der Waals surface area contributed by atoms with Crippen molar-refractivity contribution in [1.82, 2.24) is 10.2 Å². The highest BCUT2D eigenvalue weighted by Gasteiger charge is 2.40. The molecule has 1 rings (SSSR count). The first-order valence-electron chi connectivity index (χ1n) is 3.02. The molecule has 0 N–H and O–H groups in total. The summed E-state index contributed by atoms with van der Waals surface area (Å²) < 4.78 is 35.4. The van der Waals surface area contributed by atoms with Crippen LogP contribution >= 0.6 is 11.6 Å². The molecule has 0 fully saturated rings. The van der Waals surface area contributed by atoms with E-state index in [2.05, 4.69) is 10.2 Å². The minimum absolute atomic E-state index is 0.0706. The van der Waals surface area contributed by atoms with Crippen LogP contribution in [0.5, 0.6) is 0 Å². The SMILES string of the molecule is O=C(c1ccc(Cl)nn1)C(F)(F)F. The Bertz CT molecular complexity index is 322. The molecule has 0 atom stereocenters. The van der Waals surface area contributed by atoms with Crippen LogP contribution < -0.4 is 0 Å². The van der Waals surface area contributed by atoms with Crippen LogP contribution in [-0.4, -0.2) is 22.2 Å². The van der Waals surface area contributed by atoms with Gasteiger partial charge < -0.3 is 0 Å². The molecule has 0 spiro atoms. The smallest absolute Gasteiger partial charge is 0.282 e. The van der Waals surface area contributed by atoms with E-state index in [9.17, 15) is 18.0 Å². The summed E-state index contributed by atoms with van der Waals surface area (Å²) in [7, 11) is 0. The summed E-state index contributed by atoms with van der Waals surface area (Å²) in [5.74, 6) is -2.03. The molecule has 0 bridgehead atoms. The fourth-order valence-corrected chi connectivity index (χ4v) is 0.683. The molecule has 0 saturated carbocycles. The minimum atomic E-state index is -4.93. The summed E-state index contributed by atoms with van der Waals surface area (Å²) >= 11 is 5.26. The van der Waals surface area contributed by atoms with Crippen molar-refractivity contribution in [1.29, 1.82) is 0 Å². The largest absolute Gasteiger partial charge is 0.456 e. The van der Waals surface area contributed by atoms with Crippen molar-refractivity contribution >= 4 is 17.4 Å². The Hall–Kier alpha value is -1.17. The number of Topliss-reactive ketones (excluding diaryl/α,β-unsaturated/α-hetero) is 1. The lowest BCUT2D eigenvalue weighted by Crippen LogP contribution is -2.23. The second-order valence-electron chi connectivity index (χ2n) is 2.07. The summed E-state index contributed by atoms with van der Waals surface area (Å²) in [6.07, 6.45) is -4.93. The van der Waals surface area contributed by atoms with E-state index in [0.717, 1.165) is 12.1 Å². The van der Waals surface area contributed by atoms with Crippen LogP contribution in [0.15, 0.2) is 12.1 Å². The second-order valence-corrected chi connectivity index (χ2v) is 2.46. The Balaban J connectivity index is 2.97. The third kappa shape index (κ3) is 2.38. The molecule has 0 saturated heterocycles. The van der Waals surface area contributed by atoms with E-state index in [1.54, 1.807) is 0 Å². The first kappa shape index (κ1) is 9.91. The van der Waals surface area contributed by atoms with E-state index in [1.807, 2.05) is 0 Å². The molecule has 3 nitrogen and oxygen atoms in total. The van der Waals surface area contributed by atoms with Crippen molar-refractivity contribution in [2.24, 2.45) is 0 Å². The lowest BCUT2D eigenvalue weighted by Gasteiger charge is -2.02. The quantitative estimate of drug-likeness (QED) is 0.665. The zero-order valence-corrected chi connectivity index (χ0v) is 6.73. The molecule has 0 unspecified atom stereocenters. The Morgan fingerprint density at radius 2 is 1.92 bits per heavy atom. The number of halogens is 4. The summed E-state index contributed by atoms with van der Waals surface area (Å²) in [5, 5.41) is 6.03. The van der Waals surface area contributed by atoms with Crippen molar-refractivity contribution < 1.29 is 18.0 Å². The van der Waals surface area contributed by atoms with Crippen LogP contribution in [0, 0.1) is 0 Å². The van der Waals surface area contributed by atoms with Gasteiger partial charge in [0.25, 0.3) is 5.78 Å². The number of alkyl halides is 3. The average molecular weight is 211 g/mol. The van der Waals surface area contributed by atoms with Crippen LogP contribution in [0.1, 0.15) is 10.5 Å². The Labute approximate surface area is 75.5 Å². The molecule has 0 aromatic carbocycles. The van der Waals surface area contributed by atoms with Crippen LogP contribution in [0.3, 0.4) is 0 Å². The van der Waals surface area contributed by atoms with Crippen molar-refractivity contribution in [2.75, 3.05) is 0 Å². The fourth-order valence-electron chi connectivity index (χ4n) is 0.582. The Morgan fingerprint density at radius 3 is 2.31 bits per heavy atom. The number of nitrogens with zero attached hydrogens (tertiary/aromatic N) is 2. The molecule has 0 aliphatic carbocycles. The summed E-state index contributed by atoms with van der Waals surface area (Å²) in [4.78, 5) is 10.5. The van der Waals surface area contributed by atoms with E-state index in [1.165, 1.54) is 0 Å². The molecule has 7 heteroatoms. The van der Waals surface area contributed by atoms with Gasteiger partial charge in [0.15, 0.2) is 5.15 Å². The monoisotopic (exact) mass is 210 g/mol. The Morgan fingerprint density at radius 1 is 1.31 bits per heavy atom. The van der Waals surface area contributed by atoms with Crippen molar-refractivity contribution in [2.45, 2.75) is 6.18 Å². The van der Waals surface area contributed by atoms with Gasteiger partial charge in [-0.15, -0.1) is 10.2 Å². The predicted molar refractivity (Wildman–Crippen MR) is 37.4 cm³/mol. The van der Waals surface area contributed by atoms with E-state index < -0.39 is 17.7 Å². The van der Waals surface area contributed by atoms with Gasteiger partial charge in [-0.05, 0) is 12.1 Å². The molecule has 0 amide bonds. The number of ketones is 1. The maximum atomic E-state index is 11.8. The standard InChI is InChI=1S/C6H2ClF3N2O/c7-4-2-1-3(11-12-4)5(13)6(8,9)10/h1-2H. The minimum Gasteiger partial charge on any atom is -0.282 e. The topological polar surface area (TPSA) is 42.9 Å². The van der Waals surface area contributed by atoms with Gasteiger partial charge >= 0.3 is 6.18 Å². The summed E-state index contributed by atoms with van der Waals surface area (Å²) in [6, 6.07) is 1.93. The number of hydrogen-bond donors (Lipinski definition) is 0. The van der Waals surface area contributed by atoms with E-state index in [0.29, 0.717) is 0 Å². The summed E-state index contributed by atoms with van der Waals surface area (Å²) in [6.45, 7) is 0. The normalized spacial score (nSPS) is 11.4. The highest BCUT2D eigenvalue weighted by molar-refractivity contribution is 6.29. The van der Waals surface area contributed by atoms with Crippen LogP contribution in [0.25, 0.3) is 0 Å². The van der Waals surface area contributed by atoms with Crippen molar-refractivity contribution in [3.63, 3.8) is 0 Å². The highest BCUT2D eigenvalue weighted by Crippen LogP contribution is 2.20. The average Bonchev–Trinajstić information content (AvgIpc) is 2.03. The van der Waals surface area contributed by atoms with Gasteiger partial charge in [-0.25, -0.2) is 0 Å². The van der Waals surface area contributed by atoms with Gasteiger partial charge in [-0.3, -0.25) is 4.79 Å². The molecule has 70 valence electrons. The third-order valence-electron chi connectivity index (χ3n) is 1.12. The van der Waals surface area contributed by atoms with E-state index in [4.69, 9.17) is 11.6 Å². The van der Waals surface area contributed by atoms with Gasteiger partial charge in [0.1, 0.15) is 5.69 Å². The summed E-state index contributed by atoms with van der Waals surface area (Å²) in [5.41, 5.74) is -0.767. The lowest BCUT2D eigenvalue weighted by molar-refractivity contribution is -0.0888. The molecule has 0 radical (unpaired) electrons. The van der Waals surface area contributed by atoms with Gasteiger partial charge in [0.05, 0.1) is 0 Å². The Kier molecular flexibility index (Phi) is 2.51. The van der Waals surface area contributed by atoms with Gasteiger partial charge in [-0.1, -0.05) is 11.6 Å².